The number of carbonyl (C=O) groups excluding carboxylic acids is 2. The van der Waals surface area contributed by atoms with Crippen LogP contribution in [0.4, 0.5) is 16.3 Å². The zero-order chi connectivity index (χ0) is 25.4. The average Bonchev–Trinajstić information content (AvgIpc) is 2.85. The smallest absolute Gasteiger partial charge is 0.325 e. The quantitative estimate of drug-likeness (QED) is 0.500. The van der Waals surface area contributed by atoms with E-state index in [1.54, 1.807) is 12.1 Å². The first-order chi connectivity index (χ1) is 16.8. The summed E-state index contributed by atoms with van der Waals surface area (Å²) in [6.45, 7) is 5.66. The SMILES string of the molecule is COc1cc(CCN[C@H](C)C(=O)N2CCN(C)CC2)c(Cl)cc1NC(=O)Nc1cnc(C#N)cn1. The van der Waals surface area contributed by atoms with Gasteiger partial charge in [-0.15, -0.1) is 0 Å². The van der Waals surface area contributed by atoms with Gasteiger partial charge in [-0.3, -0.25) is 10.1 Å². The molecule has 12 heteroatoms. The summed E-state index contributed by atoms with van der Waals surface area (Å²) in [6.07, 6.45) is 3.12. The number of urea groups is 1. The molecular weight excluding hydrogens is 472 g/mol. The summed E-state index contributed by atoms with van der Waals surface area (Å²) in [6, 6.07) is 4.36. The van der Waals surface area contributed by atoms with Crippen LogP contribution in [0.5, 0.6) is 5.75 Å². The number of carbonyl (C=O) groups is 2. The van der Waals surface area contributed by atoms with Crippen LogP contribution >= 0.6 is 11.6 Å². The molecule has 2 aromatic rings. The molecule has 0 saturated carbocycles. The largest absolute Gasteiger partial charge is 0.495 e. The van der Waals surface area contributed by atoms with Crippen LogP contribution < -0.4 is 20.7 Å². The Morgan fingerprint density at radius 1 is 1.20 bits per heavy atom. The Balaban J connectivity index is 1.55. The Hall–Kier alpha value is -3.46. The number of hydrogen-bond donors (Lipinski definition) is 3. The predicted molar refractivity (Wildman–Crippen MR) is 133 cm³/mol. The molecule has 1 saturated heterocycles. The molecule has 1 aliphatic heterocycles. The molecule has 1 aliphatic rings. The first kappa shape index (κ1) is 26.2. The predicted octanol–water partition coefficient (Wildman–Crippen LogP) is 1.95. The molecule has 3 amide bonds. The molecule has 3 N–H and O–H groups in total. The number of amides is 3. The highest BCUT2D eigenvalue weighted by Gasteiger charge is 2.23. The number of nitriles is 1. The number of anilines is 2. The Labute approximate surface area is 209 Å². The van der Waals surface area contributed by atoms with Gasteiger partial charge < -0.3 is 25.2 Å². The standard InChI is InChI=1S/C23H29ClN8O3/c1-15(22(33)32-8-6-31(2)7-9-32)26-5-4-16-10-20(35-3)19(11-18(16)24)29-23(34)30-21-14-27-17(12-25)13-28-21/h10-11,13-15,26H,4-9H2,1-3H3,(H2,28,29,30,34)/t15-/m1/s1. The van der Waals surface area contributed by atoms with Crippen molar-refractivity contribution >= 4 is 35.0 Å². The molecular formula is C23H29ClN8O3. The topological polar surface area (TPSA) is 136 Å². The zero-order valence-electron chi connectivity index (χ0n) is 20.0. The highest BCUT2D eigenvalue weighted by atomic mass is 35.5. The van der Waals surface area contributed by atoms with E-state index in [4.69, 9.17) is 21.6 Å². The summed E-state index contributed by atoms with van der Waals surface area (Å²) in [7, 11) is 3.55. The summed E-state index contributed by atoms with van der Waals surface area (Å²) < 4.78 is 5.43. The number of piperazine rings is 1. The number of rotatable bonds is 8. The lowest BCUT2D eigenvalue weighted by Gasteiger charge is -2.34. The van der Waals surface area contributed by atoms with E-state index in [9.17, 15) is 9.59 Å². The van der Waals surface area contributed by atoms with Gasteiger partial charge in [-0.05, 0) is 44.6 Å². The number of ether oxygens (including phenoxy) is 1. The summed E-state index contributed by atoms with van der Waals surface area (Å²) in [5.41, 5.74) is 1.35. The van der Waals surface area contributed by atoms with Crippen molar-refractivity contribution in [3.05, 3.63) is 40.8 Å². The van der Waals surface area contributed by atoms with Gasteiger partial charge in [0, 0.05) is 31.2 Å². The molecule has 0 radical (unpaired) electrons. The lowest BCUT2D eigenvalue weighted by Crippen LogP contribution is -2.52. The fraction of sp³-hybridized carbons (Fsp3) is 0.435. The molecule has 2 heterocycles. The number of benzene rings is 1. The van der Waals surface area contributed by atoms with Crippen molar-refractivity contribution in [2.45, 2.75) is 19.4 Å². The van der Waals surface area contributed by atoms with Gasteiger partial charge in [0.25, 0.3) is 0 Å². The third kappa shape index (κ3) is 7.26. The van der Waals surface area contributed by atoms with Crippen LogP contribution in [0.1, 0.15) is 18.2 Å². The number of halogens is 1. The minimum Gasteiger partial charge on any atom is -0.495 e. The normalized spacial score (nSPS) is 14.7. The van der Waals surface area contributed by atoms with Gasteiger partial charge in [0.2, 0.25) is 5.91 Å². The molecule has 186 valence electrons. The number of aromatic nitrogens is 2. The molecule has 1 atom stereocenters. The van der Waals surface area contributed by atoms with Gasteiger partial charge in [0.1, 0.15) is 11.8 Å². The molecule has 1 fully saturated rings. The number of likely N-dealkylation sites (N-methyl/N-ethyl adjacent to an activating group) is 1. The van der Waals surface area contributed by atoms with E-state index < -0.39 is 6.03 Å². The highest BCUT2D eigenvalue weighted by molar-refractivity contribution is 6.31. The molecule has 3 rings (SSSR count). The van der Waals surface area contributed by atoms with Crippen molar-refractivity contribution in [1.82, 2.24) is 25.1 Å². The van der Waals surface area contributed by atoms with E-state index in [1.807, 2.05) is 17.9 Å². The third-order valence-electron chi connectivity index (χ3n) is 5.65. The third-order valence-corrected chi connectivity index (χ3v) is 6.01. The van der Waals surface area contributed by atoms with Crippen LogP contribution in [-0.4, -0.2) is 84.6 Å². The first-order valence-electron chi connectivity index (χ1n) is 11.2. The van der Waals surface area contributed by atoms with Crippen molar-refractivity contribution < 1.29 is 14.3 Å². The van der Waals surface area contributed by atoms with E-state index in [0.717, 1.165) is 31.7 Å². The molecule has 11 nitrogen and oxygen atoms in total. The van der Waals surface area contributed by atoms with Crippen molar-refractivity contribution in [2.75, 3.05) is 57.5 Å². The number of nitrogens with one attached hydrogen (secondary N) is 3. The molecule has 0 unspecified atom stereocenters. The molecule has 1 aromatic heterocycles. The first-order valence-corrected chi connectivity index (χ1v) is 11.6. The summed E-state index contributed by atoms with van der Waals surface area (Å²) in [4.78, 5) is 36.9. The van der Waals surface area contributed by atoms with Crippen LogP contribution in [0.3, 0.4) is 0 Å². The van der Waals surface area contributed by atoms with Crippen LogP contribution in [0.15, 0.2) is 24.5 Å². The maximum atomic E-state index is 12.7. The lowest BCUT2D eigenvalue weighted by molar-refractivity contribution is -0.134. The summed E-state index contributed by atoms with van der Waals surface area (Å²) >= 11 is 6.46. The molecule has 0 bridgehead atoms. The molecule has 0 spiro atoms. The van der Waals surface area contributed by atoms with Crippen molar-refractivity contribution in [3.8, 4) is 11.8 Å². The summed E-state index contributed by atoms with van der Waals surface area (Å²) in [5.74, 6) is 0.723. The van der Waals surface area contributed by atoms with Crippen LogP contribution in [0.2, 0.25) is 5.02 Å². The number of methoxy groups -OCH3 is 1. The van der Waals surface area contributed by atoms with Gasteiger partial charge in [-0.25, -0.2) is 14.8 Å². The van der Waals surface area contributed by atoms with Gasteiger partial charge in [0.05, 0.1) is 31.2 Å². The molecule has 0 aliphatic carbocycles. The Morgan fingerprint density at radius 2 is 1.94 bits per heavy atom. The minimum absolute atomic E-state index is 0.0966. The average molecular weight is 501 g/mol. The monoisotopic (exact) mass is 500 g/mol. The van der Waals surface area contributed by atoms with Gasteiger partial charge in [-0.2, -0.15) is 5.26 Å². The van der Waals surface area contributed by atoms with Gasteiger partial charge in [0.15, 0.2) is 11.5 Å². The fourth-order valence-corrected chi connectivity index (χ4v) is 3.84. The van der Waals surface area contributed by atoms with E-state index in [2.05, 4.69) is 37.9 Å². The Kier molecular flexibility index (Phi) is 9.19. The minimum atomic E-state index is -0.566. The van der Waals surface area contributed by atoms with E-state index in [0.29, 0.717) is 29.4 Å². The van der Waals surface area contributed by atoms with Crippen molar-refractivity contribution in [2.24, 2.45) is 0 Å². The lowest BCUT2D eigenvalue weighted by atomic mass is 10.1. The Bertz CT molecular complexity index is 1080. The fourth-order valence-electron chi connectivity index (χ4n) is 3.59. The highest BCUT2D eigenvalue weighted by Crippen LogP contribution is 2.31. The van der Waals surface area contributed by atoms with Gasteiger partial charge in [-0.1, -0.05) is 11.6 Å². The Morgan fingerprint density at radius 3 is 2.57 bits per heavy atom. The van der Waals surface area contributed by atoms with E-state index in [-0.39, 0.29) is 23.5 Å². The maximum Gasteiger partial charge on any atom is 0.325 e. The second-order valence-electron chi connectivity index (χ2n) is 8.18. The van der Waals surface area contributed by atoms with Gasteiger partial charge >= 0.3 is 6.03 Å². The second kappa shape index (κ2) is 12.3. The van der Waals surface area contributed by atoms with E-state index in [1.165, 1.54) is 19.5 Å². The van der Waals surface area contributed by atoms with Crippen LogP contribution in [0.25, 0.3) is 0 Å². The molecule has 35 heavy (non-hydrogen) atoms. The molecule has 1 aromatic carbocycles. The van der Waals surface area contributed by atoms with Crippen LogP contribution in [-0.2, 0) is 11.2 Å². The van der Waals surface area contributed by atoms with E-state index >= 15 is 0 Å². The van der Waals surface area contributed by atoms with Crippen LogP contribution in [0, 0.1) is 11.3 Å². The zero-order valence-corrected chi connectivity index (χ0v) is 20.7. The maximum absolute atomic E-state index is 12.7. The van der Waals surface area contributed by atoms with Crippen molar-refractivity contribution in [3.63, 3.8) is 0 Å². The number of nitrogens with zero attached hydrogens (tertiary/aromatic N) is 5. The summed E-state index contributed by atoms with van der Waals surface area (Å²) in [5, 5.41) is 17.7. The van der Waals surface area contributed by atoms with Crippen molar-refractivity contribution in [1.29, 1.82) is 5.26 Å². The number of hydrogen-bond acceptors (Lipinski definition) is 8. The second-order valence-corrected chi connectivity index (χ2v) is 8.58.